The summed E-state index contributed by atoms with van der Waals surface area (Å²) in [4.78, 5) is 26.4. The molecule has 0 bridgehead atoms. The van der Waals surface area contributed by atoms with Gasteiger partial charge in [-0.05, 0) is 37.8 Å². The first-order valence-electron chi connectivity index (χ1n) is 9.75. The van der Waals surface area contributed by atoms with Crippen molar-refractivity contribution >= 4 is 11.9 Å². The van der Waals surface area contributed by atoms with E-state index in [1.807, 2.05) is 30.0 Å². The molecule has 1 aliphatic rings. The molecule has 27 heavy (non-hydrogen) atoms. The molecule has 6 heteroatoms. The van der Waals surface area contributed by atoms with Crippen LogP contribution in [0.2, 0.25) is 0 Å². The normalized spacial score (nSPS) is 14.5. The quantitative estimate of drug-likeness (QED) is 0.618. The first kappa shape index (κ1) is 21.1. The van der Waals surface area contributed by atoms with Gasteiger partial charge in [-0.1, -0.05) is 31.4 Å². The van der Waals surface area contributed by atoms with Gasteiger partial charge in [-0.2, -0.15) is 0 Å². The van der Waals surface area contributed by atoms with Crippen molar-refractivity contribution in [2.24, 2.45) is 0 Å². The van der Waals surface area contributed by atoms with Crippen molar-refractivity contribution in [2.75, 3.05) is 27.4 Å². The maximum Gasteiger partial charge on any atom is 0.306 e. The molecule has 1 aromatic rings. The van der Waals surface area contributed by atoms with Crippen LogP contribution in [0.1, 0.15) is 51.0 Å². The molecular formula is C21H31NO5. The minimum atomic E-state index is -0.382. The molecule has 0 spiro atoms. The lowest BCUT2D eigenvalue weighted by atomic mass is 9.94. The summed E-state index contributed by atoms with van der Waals surface area (Å²) < 4.78 is 15.9. The van der Waals surface area contributed by atoms with Crippen LogP contribution < -0.4 is 9.47 Å². The summed E-state index contributed by atoms with van der Waals surface area (Å²) in [6, 6.07) is 5.84. The molecule has 0 atom stereocenters. The zero-order chi connectivity index (χ0) is 19.6. The lowest BCUT2D eigenvalue weighted by Crippen LogP contribution is -2.43. The zero-order valence-corrected chi connectivity index (χ0v) is 16.7. The van der Waals surface area contributed by atoms with Gasteiger partial charge in [-0.25, -0.2) is 0 Å². The van der Waals surface area contributed by atoms with Crippen LogP contribution in [0.5, 0.6) is 11.5 Å². The number of aryl methyl sites for hydroxylation is 1. The number of carbonyl (C=O) groups is 2. The summed E-state index contributed by atoms with van der Waals surface area (Å²) in [5.74, 6) is 0.771. The minimum absolute atomic E-state index is 0.100. The van der Waals surface area contributed by atoms with Gasteiger partial charge < -0.3 is 19.1 Å². The monoisotopic (exact) mass is 377 g/mol. The number of amides is 1. The maximum atomic E-state index is 12.4. The number of likely N-dealkylation sites (N-methyl/N-ethyl adjacent to an activating group) is 1. The number of para-hydroxylation sites is 1. The summed E-state index contributed by atoms with van der Waals surface area (Å²) in [6.07, 6.45) is 6.31. The van der Waals surface area contributed by atoms with Crippen LogP contribution in [0.25, 0.3) is 0 Å². The molecule has 0 radical (unpaired) electrons. The highest BCUT2D eigenvalue weighted by Gasteiger charge is 2.24. The fourth-order valence-electron chi connectivity index (χ4n) is 3.72. The molecule has 150 valence electrons. The predicted octanol–water partition coefficient (Wildman–Crippen LogP) is 3.36. The average Bonchev–Trinajstić information content (AvgIpc) is 2.71. The largest absolute Gasteiger partial charge is 0.493 e. The van der Waals surface area contributed by atoms with Gasteiger partial charge in [0.1, 0.15) is 0 Å². The smallest absolute Gasteiger partial charge is 0.306 e. The van der Waals surface area contributed by atoms with Gasteiger partial charge in [0.15, 0.2) is 18.1 Å². The Kier molecular flexibility index (Phi) is 8.43. The third kappa shape index (κ3) is 5.88. The molecule has 0 aromatic heterocycles. The van der Waals surface area contributed by atoms with Crippen LogP contribution in [-0.2, 0) is 20.7 Å². The molecule has 1 aliphatic carbocycles. The Morgan fingerprint density at radius 2 is 1.85 bits per heavy atom. The Morgan fingerprint density at radius 1 is 1.11 bits per heavy atom. The second-order valence-corrected chi connectivity index (χ2v) is 6.78. The first-order valence-corrected chi connectivity index (χ1v) is 9.75. The number of carbonyl (C=O) groups excluding carboxylic acids is 2. The van der Waals surface area contributed by atoms with Crippen LogP contribution >= 0.6 is 0 Å². The molecule has 0 aliphatic heterocycles. The second kappa shape index (κ2) is 10.8. The van der Waals surface area contributed by atoms with Crippen molar-refractivity contribution in [1.29, 1.82) is 0 Å². The van der Waals surface area contributed by atoms with Crippen LogP contribution in [0, 0.1) is 0 Å². The van der Waals surface area contributed by atoms with E-state index in [9.17, 15) is 9.59 Å². The van der Waals surface area contributed by atoms with Gasteiger partial charge in [0.25, 0.3) is 5.91 Å². The summed E-state index contributed by atoms with van der Waals surface area (Å²) in [5, 5.41) is 0. The van der Waals surface area contributed by atoms with E-state index in [0.29, 0.717) is 24.5 Å². The molecule has 6 nitrogen and oxygen atoms in total. The molecular weight excluding hydrogens is 346 g/mol. The number of esters is 1. The molecule has 1 saturated carbocycles. The molecule has 0 saturated heterocycles. The lowest BCUT2D eigenvalue weighted by Gasteiger charge is -2.33. The second-order valence-electron chi connectivity index (χ2n) is 6.78. The molecule has 1 amide bonds. The molecule has 1 aromatic carbocycles. The van der Waals surface area contributed by atoms with Crippen molar-refractivity contribution in [3.05, 3.63) is 23.8 Å². The van der Waals surface area contributed by atoms with Crippen molar-refractivity contribution in [2.45, 2.75) is 57.9 Å². The summed E-state index contributed by atoms with van der Waals surface area (Å²) in [6.45, 7) is 2.45. The van der Waals surface area contributed by atoms with E-state index in [1.54, 1.807) is 14.2 Å². The van der Waals surface area contributed by atoms with Crippen LogP contribution in [-0.4, -0.2) is 50.2 Å². The Balaban J connectivity index is 1.83. The lowest BCUT2D eigenvalue weighted by molar-refractivity contribution is -0.153. The Bertz CT molecular complexity index is 625. The van der Waals surface area contributed by atoms with E-state index in [-0.39, 0.29) is 30.9 Å². The van der Waals surface area contributed by atoms with E-state index >= 15 is 0 Å². The minimum Gasteiger partial charge on any atom is -0.493 e. The topological polar surface area (TPSA) is 65.1 Å². The SMILES string of the molecule is CCN(C(=O)COC(=O)CCc1cccc(OC)c1OC)C1CCCCC1. The highest BCUT2D eigenvalue weighted by atomic mass is 16.5. The van der Waals surface area contributed by atoms with Crippen molar-refractivity contribution in [3.8, 4) is 11.5 Å². The number of methoxy groups -OCH3 is 2. The van der Waals surface area contributed by atoms with Gasteiger partial charge in [0, 0.05) is 19.0 Å². The first-order chi connectivity index (χ1) is 13.1. The van der Waals surface area contributed by atoms with Crippen LogP contribution in [0.3, 0.4) is 0 Å². The number of rotatable bonds is 9. The number of ether oxygens (including phenoxy) is 3. The predicted molar refractivity (Wildman–Crippen MR) is 103 cm³/mol. The molecule has 2 rings (SSSR count). The summed E-state index contributed by atoms with van der Waals surface area (Å²) >= 11 is 0. The molecule has 0 unspecified atom stereocenters. The van der Waals surface area contributed by atoms with E-state index < -0.39 is 0 Å². The van der Waals surface area contributed by atoms with E-state index in [2.05, 4.69) is 0 Å². The van der Waals surface area contributed by atoms with Gasteiger partial charge >= 0.3 is 5.97 Å². The van der Waals surface area contributed by atoms with E-state index in [4.69, 9.17) is 14.2 Å². The highest BCUT2D eigenvalue weighted by Crippen LogP contribution is 2.31. The average molecular weight is 377 g/mol. The van der Waals surface area contributed by atoms with Crippen LogP contribution in [0.4, 0.5) is 0 Å². The van der Waals surface area contributed by atoms with Crippen molar-refractivity contribution in [3.63, 3.8) is 0 Å². The van der Waals surface area contributed by atoms with Crippen molar-refractivity contribution in [1.82, 2.24) is 4.90 Å². The van der Waals surface area contributed by atoms with Gasteiger partial charge in [0.2, 0.25) is 0 Å². The van der Waals surface area contributed by atoms with Gasteiger partial charge in [-0.3, -0.25) is 9.59 Å². The Labute approximate surface area is 161 Å². The third-order valence-corrected chi connectivity index (χ3v) is 5.12. The van der Waals surface area contributed by atoms with E-state index in [1.165, 1.54) is 6.42 Å². The summed E-state index contributed by atoms with van der Waals surface area (Å²) in [7, 11) is 3.15. The maximum absolute atomic E-state index is 12.4. The van der Waals surface area contributed by atoms with Gasteiger partial charge in [-0.15, -0.1) is 0 Å². The van der Waals surface area contributed by atoms with Gasteiger partial charge in [0.05, 0.1) is 14.2 Å². The van der Waals surface area contributed by atoms with E-state index in [0.717, 1.165) is 31.2 Å². The highest BCUT2D eigenvalue weighted by molar-refractivity contribution is 5.81. The number of nitrogens with zero attached hydrogens (tertiary/aromatic N) is 1. The van der Waals surface area contributed by atoms with Crippen molar-refractivity contribution < 1.29 is 23.8 Å². The Morgan fingerprint density at radius 3 is 2.48 bits per heavy atom. The number of hydrogen-bond donors (Lipinski definition) is 0. The third-order valence-electron chi connectivity index (χ3n) is 5.12. The molecule has 1 fully saturated rings. The standard InChI is InChI=1S/C21H31NO5/c1-4-22(17-10-6-5-7-11-17)19(23)15-27-20(24)14-13-16-9-8-12-18(25-2)21(16)26-3/h8-9,12,17H,4-7,10-11,13-15H2,1-3H3. The molecule has 0 N–H and O–H groups in total. The number of hydrogen-bond acceptors (Lipinski definition) is 5. The van der Waals surface area contributed by atoms with Crippen LogP contribution in [0.15, 0.2) is 18.2 Å². The summed E-state index contributed by atoms with van der Waals surface area (Å²) in [5.41, 5.74) is 0.873. The molecule has 0 heterocycles. The fraction of sp³-hybridized carbons (Fsp3) is 0.619. The Hall–Kier alpha value is -2.24. The zero-order valence-electron chi connectivity index (χ0n) is 16.7. The number of benzene rings is 1. The fourth-order valence-corrected chi connectivity index (χ4v) is 3.72.